The van der Waals surface area contributed by atoms with Crippen molar-refractivity contribution >= 4 is 29.1 Å². The highest BCUT2D eigenvalue weighted by Gasteiger charge is 2.30. The fraction of sp³-hybridized carbons (Fsp3) is 0.265. The van der Waals surface area contributed by atoms with Gasteiger partial charge in [0.15, 0.2) is 0 Å². The Bertz CT molecular complexity index is 1740. The standard InChI is InChI=1S/C34H34N4O5/c1-6-21-17(2)25-13-26-18(3)22(7-9-33(40)41)31(36-26)16-32-23(8-10-34(42)43)19(4)28(38-32)15-30-24(11-12-39)20(5)27(37-30)14-29(21)35-25/h6,11-16,20,37,39H,1,7-10H2,2-5H3,(H,40,41)(H,42,43)/b12-11+,25-13?,27-14?,28-15?,31-16?. The fourth-order valence-electron chi connectivity index (χ4n) is 5.86. The molecule has 1 unspecified atom stereocenters. The predicted molar refractivity (Wildman–Crippen MR) is 168 cm³/mol. The van der Waals surface area contributed by atoms with Crippen molar-refractivity contribution in [2.75, 3.05) is 0 Å². The molecule has 9 heteroatoms. The molecule has 9 nitrogen and oxygen atoms in total. The lowest BCUT2D eigenvalue weighted by molar-refractivity contribution is -0.137. The van der Waals surface area contributed by atoms with Gasteiger partial charge in [0.2, 0.25) is 0 Å². The van der Waals surface area contributed by atoms with Crippen molar-refractivity contribution < 1.29 is 24.9 Å². The number of hydrogen-bond donors (Lipinski definition) is 4. The number of carbonyl (C=O) groups is 2. The summed E-state index contributed by atoms with van der Waals surface area (Å²) >= 11 is 0. The van der Waals surface area contributed by atoms with E-state index >= 15 is 0 Å². The van der Waals surface area contributed by atoms with Gasteiger partial charge >= 0.3 is 11.9 Å². The maximum absolute atomic E-state index is 11.5. The van der Waals surface area contributed by atoms with Crippen LogP contribution in [0.2, 0.25) is 0 Å². The van der Waals surface area contributed by atoms with Crippen LogP contribution in [0.3, 0.4) is 0 Å². The summed E-state index contributed by atoms with van der Waals surface area (Å²) in [4.78, 5) is 37.9. The van der Waals surface area contributed by atoms with E-state index in [-0.39, 0.29) is 31.6 Å². The van der Waals surface area contributed by atoms with Gasteiger partial charge in [-0.3, -0.25) is 9.59 Å². The van der Waals surface area contributed by atoms with Gasteiger partial charge in [-0.05, 0) is 97.4 Å². The number of hydrogen-bond acceptors (Lipinski definition) is 7. The first-order valence-corrected chi connectivity index (χ1v) is 14.2. The third-order valence-electron chi connectivity index (χ3n) is 8.36. The molecule has 0 saturated heterocycles. The van der Waals surface area contributed by atoms with Gasteiger partial charge < -0.3 is 20.6 Å². The quantitative estimate of drug-likeness (QED) is 0.248. The molecule has 0 saturated carbocycles. The molecule has 8 bridgehead atoms. The summed E-state index contributed by atoms with van der Waals surface area (Å²) in [6, 6.07) is 0. The Balaban J connectivity index is 1.77. The molecule has 0 amide bonds. The average molecular weight is 579 g/mol. The minimum absolute atomic E-state index is 0.0592. The molecular formula is C34H34N4O5. The number of aliphatic hydroxyl groups excluding tert-OH is 1. The molecule has 220 valence electrons. The maximum Gasteiger partial charge on any atom is 0.303 e. The number of nitrogens with zero attached hydrogens (tertiary/aromatic N) is 3. The number of allylic oxidation sites excluding steroid dienone is 13. The van der Waals surface area contributed by atoms with E-state index in [1.54, 1.807) is 12.2 Å². The van der Waals surface area contributed by atoms with E-state index in [2.05, 4.69) is 11.9 Å². The molecule has 5 rings (SSSR count). The van der Waals surface area contributed by atoms with Crippen LogP contribution < -0.4 is 5.32 Å². The molecule has 0 aromatic rings. The van der Waals surface area contributed by atoms with E-state index in [1.807, 2.05) is 52.0 Å². The minimum atomic E-state index is -0.911. The van der Waals surface area contributed by atoms with Crippen LogP contribution in [0.25, 0.3) is 0 Å². The van der Waals surface area contributed by atoms with E-state index in [4.69, 9.17) is 15.0 Å². The van der Waals surface area contributed by atoms with Gasteiger partial charge in [-0.15, -0.1) is 0 Å². The lowest BCUT2D eigenvalue weighted by Gasteiger charge is -2.08. The summed E-state index contributed by atoms with van der Waals surface area (Å²) in [6.07, 6.45) is 12.5. The molecule has 0 aliphatic carbocycles. The Hall–Kier alpha value is -5.05. The Morgan fingerprint density at radius 3 is 2.09 bits per heavy atom. The molecule has 0 radical (unpaired) electrons. The Morgan fingerprint density at radius 1 is 0.837 bits per heavy atom. The molecule has 5 aliphatic heterocycles. The SMILES string of the molecule is C=CC1=C(C)C2=CC3=NC(=CC4=NC(=CC5=C(/C=C/O)C(C)C(=CC1=N2)N5)C(C)=C4CCC(=O)O)C(CCC(=O)O)=C3C. The topological polar surface area (TPSA) is 144 Å². The van der Waals surface area contributed by atoms with Crippen LogP contribution in [-0.2, 0) is 9.59 Å². The average Bonchev–Trinajstić information content (AvgIpc) is 3.61. The first kappa shape index (κ1) is 29.4. The van der Waals surface area contributed by atoms with Crippen LogP contribution in [0.4, 0.5) is 0 Å². The lowest BCUT2D eigenvalue weighted by Crippen LogP contribution is -2.11. The summed E-state index contributed by atoms with van der Waals surface area (Å²) in [5, 5.41) is 32.1. The second-order valence-electron chi connectivity index (χ2n) is 10.9. The van der Waals surface area contributed by atoms with Gasteiger partial charge in [0.1, 0.15) is 0 Å². The normalized spacial score (nSPS) is 21.5. The molecule has 4 N–H and O–H groups in total. The molecule has 1 atom stereocenters. The van der Waals surface area contributed by atoms with Gasteiger partial charge in [0, 0.05) is 35.7 Å². The highest BCUT2D eigenvalue weighted by atomic mass is 16.4. The third-order valence-corrected chi connectivity index (χ3v) is 8.36. The molecule has 0 aromatic heterocycles. The summed E-state index contributed by atoms with van der Waals surface area (Å²) < 4.78 is 0. The van der Waals surface area contributed by atoms with Crippen LogP contribution in [-0.4, -0.2) is 44.4 Å². The Morgan fingerprint density at radius 2 is 1.44 bits per heavy atom. The molecule has 43 heavy (non-hydrogen) atoms. The summed E-state index contributed by atoms with van der Waals surface area (Å²) in [7, 11) is 0. The number of aliphatic carboxylic acids is 2. The van der Waals surface area contributed by atoms with Crippen molar-refractivity contribution in [3.63, 3.8) is 0 Å². The molecular weight excluding hydrogens is 544 g/mol. The number of aliphatic imine (C=N–C) groups is 3. The van der Waals surface area contributed by atoms with Crippen molar-refractivity contribution in [2.24, 2.45) is 20.9 Å². The van der Waals surface area contributed by atoms with Crippen LogP contribution in [0.1, 0.15) is 53.4 Å². The van der Waals surface area contributed by atoms with E-state index in [0.29, 0.717) is 22.8 Å². The highest BCUT2D eigenvalue weighted by molar-refractivity contribution is 6.18. The molecule has 0 aromatic carbocycles. The number of rotatable bonds is 8. The van der Waals surface area contributed by atoms with Crippen LogP contribution in [0, 0.1) is 5.92 Å². The highest BCUT2D eigenvalue weighted by Crippen LogP contribution is 2.38. The largest absolute Gasteiger partial charge is 0.516 e. The molecule has 5 heterocycles. The summed E-state index contributed by atoms with van der Waals surface area (Å²) in [5.41, 5.74) is 11.7. The number of fused-ring (bicyclic) bond motifs is 5. The zero-order chi connectivity index (χ0) is 31.0. The first-order valence-electron chi connectivity index (χ1n) is 14.2. The number of carboxylic acid groups (broad SMARTS) is 2. The minimum Gasteiger partial charge on any atom is -0.516 e. The zero-order valence-corrected chi connectivity index (χ0v) is 24.7. The van der Waals surface area contributed by atoms with Gasteiger partial charge in [-0.1, -0.05) is 19.6 Å². The smallest absolute Gasteiger partial charge is 0.303 e. The predicted octanol–water partition coefficient (Wildman–Crippen LogP) is 6.33. The van der Waals surface area contributed by atoms with E-state index in [1.165, 1.54) is 0 Å². The Kier molecular flexibility index (Phi) is 8.00. The van der Waals surface area contributed by atoms with Gasteiger partial charge in [0.05, 0.1) is 40.5 Å². The van der Waals surface area contributed by atoms with Crippen LogP contribution in [0.5, 0.6) is 0 Å². The first-order chi connectivity index (χ1) is 20.5. The van der Waals surface area contributed by atoms with Gasteiger partial charge in [-0.25, -0.2) is 15.0 Å². The van der Waals surface area contributed by atoms with E-state index in [0.717, 1.165) is 68.1 Å². The lowest BCUT2D eigenvalue weighted by atomic mass is 9.95. The zero-order valence-electron chi connectivity index (χ0n) is 24.7. The fourth-order valence-corrected chi connectivity index (χ4v) is 5.86. The van der Waals surface area contributed by atoms with Crippen molar-refractivity contribution in [3.05, 3.63) is 117 Å². The second kappa shape index (κ2) is 11.7. The van der Waals surface area contributed by atoms with E-state index < -0.39 is 11.9 Å². The molecule has 0 spiro atoms. The second-order valence-corrected chi connectivity index (χ2v) is 10.9. The third kappa shape index (κ3) is 5.58. The Labute approximate surface area is 250 Å². The summed E-state index contributed by atoms with van der Waals surface area (Å²) in [5.74, 6) is -1.90. The van der Waals surface area contributed by atoms with Crippen molar-refractivity contribution in [3.8, 4) is 0 Å². The maximum atomic E-state index is 11.5. The van der Waals surface area contributed by atoms with E-state index in [9.17, 15) is 24.9 Å². The van der Waals surface area contributed by atoms with Gasteiger partial charge in [-0.2, -0.15) is 0 Å². The van der Waals surface area contributed by atoms with Crippen LogP contribution in [0.15, 0.2) is 132 Å². The summed E-state index contributed by atoms with van der Waals surface area (Å²) in [6.45, 7) is 11.9. The monoisotopic (exact) mass is 578 g/mol. The van der Waals surface area contributed by atoms with Crippen molar-refractivity contribution in [1.82, 2.24) is 5.32 Å². The van der Waals surface area contributed by atoms with Crippen LogP contribution >= 0.6 is 0 Å². The number of aliphatic hydroxyl groups is 1. The number of carboxylic acids is 2. The van der Waals surface area contributed by atoms with Crippen molar-refractivity contribution in [1.29, 1.82) is 0 Å². The van der Waals surface area contributed by atoms with Crippen molar-refractivity contribution in [2.45, 2.75) is 53.4 Å². The molecule has 0 fully saturated rings. The number of nitrogens with one attached hydrogen (secondary N) is 1. The van der Waals surface area contributed by atoms with Gasteiger partial charge in [0.25, 0.3) is 0 Å². The molecule has 5 aliphatic rings.